The zero-order valence-electron chi connectivity index (χ0n) is 12.7. The van der Waals surface area contributed by atoms with Crippen LogP contribution in [0.1, 0.15) is 36.5 Å². The third kappa shape index (κ3) is 4.14. The van der Waals surface area contributed by atoms with Gasteiger partial charge in [-0.05, 0) is 19.3 Å². The van der Waals surface area contributed by atoms with Gasteiger partial charge in [-0.25, -0.2) is 14.5 Å². The van der Waals surface area contributed by atoms with Crippen molar-refractivity contribution in [2.75, 3.05) is 6.61 Å². The molecule has 0 aliphatic heterocycles. The third-order valence-electron chi connectivity index (χ3n) is 3.07. The SMILES string of the molecule is Cc1c(C(=O)OCC(C)C)nnn1CCCn1ccnc1. The van der Waals surface area contributed by atoms with Crippen LogP contribution in [0.5, 0.6) is 0 Å². The quantitative estimate of drug-likeness (QED) is 0.726. The van der Waals surface area contributed by atoms with Gasteiger partial charge >= 0.3 is 5.97 Å². The molecule has 2 aromatic heterocycles. The van der Waals surface area contributed by atoms with E-state index >= 15 is 0 Å². The maximum Gasteiger partial charge on any atom is 0.360 e. The summed E-state index contributed by atoms with van der Waals surface area (Å²) in [5, 5.41) is 7.95. The van der Waals surface area contributed by atoms with Crippen LogP contribution in [0.25, 0.3) is 0 Å². The van der Waals surface area contributed by atoms with Crippen molar-refractivity contribution in [2.24, 2.45) is 5.92 Å². The van der Waals surface area contributed by atoms with Crippen LogP contribution in [0, 0.1) is 12.8 Å². The molecule has 0 aliphatic rings. The van der Waals surface area contributed by atoms with E-state index in [0.717, 1.165) is 18.7 Å². The lowest BCUT2D eigenvalue weighted by Gasteiger charge is -2.06. The third-order valence-corrected chi connectivity index (χ3v) is 3.07. The van der Waals surface area contributed by atoms with E-state index in [4.69, 9.17) is 4.74 Å². The lowest BCUT2D eigenvalue weighted by Crippen LogP contribution is -2.12. The van der Waals surface area contributed by atoms with E-state index in [1.54, 1.807) is 17.2 Å². The van der Waals surface area contributed by atoms with Crippen LogP contribution in [-0.2, 0) is 17.8 Å². The first-order valence-corrected chi connectivity index (χ1v) is 7.11. The van der Waals surface area contributed by atoms with Crippen LogP contribution in [0.4, 0.5) is 0 Å². The summed E-state index contributed by atoms with van der Waals surface area (Å²) in [5.41, 5.74) is 1.05. The summed E-state index contributed by atoms with van der Waals surface area (Å²) >= 11 is 0. The second-order valence-corrected chi connectivity index (χ2v) is 5.39. The van der Waals surface area contributed by atoms with Gasteiger partial charge in [0.05, 0.1) is 18.6 Å². The largest absolute Gasteiger partial charge is 0.461 e. The molecule has 0 unspecified atom stereocenters. The number of nitrogens with zero attached hydrogens (tertiary/aromatic N) is 5. The average Bonchev–Trinajstić information content (AvgIpc) is 3.07. The van der Waals surface area contributed by atoms with Crippen molar-refractivity contribution in [3.8, 4) is 0 Å². The molecule has 114 valence electrons. The fourth-order valence-corrected chi connectivity index (χ4v) is 1.89. The van der Waals surface area contributed by atoms with E-state index in [-0.39, 0.29) is 0 Å². The van der Waals surface area contributed by atoms with Gasteiger partial charge < -0.3 is 9.30 Å². The molecule has 2 heterocycles. The number of hydrogen-bond acceptors (Lipinski definition) is 5. The van der Waals surface area contributed by atoms with Crippen molar-refractivity contribution in [2.45, 2.75) is 40.3 Å². The predicted molar refractivity (Wildman–Crippen MR) is 76.7 cm³/mol. The first kappa shape index (κ1) is 15.2. The van der Waals surface area contributed by atoms with Gasteiger partial charge in [0.2, 0.25) is 0 Å². The second kappa shape index (κ2) is 7.01. The van der Waals surface area contributed by atoms with E-state index in [1.165, 1.54) is 0 Å². The Hall–Kier alpha value is -2.18. The van der Waals surface area contributed by atoms with E-state index in [9.17, 15) is 4.79 Å². The summed E-state index contributed by atoms with van der Waals surface area (Å²) in [7, 11) is 0. The van der Waals surface area contributed by atoms with Crippen molar-refractivity contribution in [1.82, 2.24) is 24.5 Å². The number of aryl methyl sites for hydroxylation is 2. The molecule has 7 heteroatoms. The molecular formula is C14H21N5O2. The highest BCUT2D eigenvalue weighted by atomic mass is 16.5. The van der Waals surface area contributed by atoms with E-state index in [0.29, 0.717) is 24.8 Å². The van der Waals surface area contributed by atoms with Gasteiger partial charge in [-0.3, -0.25) is 0 Å². The molecule has 0 amide bonds. The van der Waals surface area contributed by atoms with Crippen LogP contribution >= 0.6 is 0 Å². The van der Waals surface area contributed by atoms with Gasteiger partial charge in [0, 0.05) is 25.5 Å². The number of carbonyl (C=O) groups excluding carboxylic acids is 1. The molecule has 7 nitrogen and oxygen atoms in total. The smallest absolute Gasteiger partial charge is 0.360 e. The lowest BCUT2D eigenvalue weighted by molar-refractivity contribution is 0.0451. The minimum atomic E-state index is -0.401. The predicted octanol–water partition coefficient (Wildman–Crippen LogP) is 1.69. The molecule has 0 saturated heterocycles. The van der Waals surface area contributed by atoms with Crippen LogP contribution in [0.2, 0.25) is 0 Å². The minimum absolute atomic E-state index is 0.304. The molecule has 0 aromatic carbocycles. The van der Waals surface area contributed by atoms with Crippen molar-refractivity contribution in [1.29, 1.82) is 0 Å². The fraction of sp³-hybridized carbons (Fsp3) is 0.571. The average molecular weight is 291 g/mol. The van der Waals surface area contributed by atoms with Gasteiger partial charge in [0.15, 0.2) is 5.69 Å². The number of imidazole rings is 1. The first-order valence-electron chi connectivity index (χ1n) is 7.11. The van der Waals surface area contributed by atoms with Crippen LogP contribution in [0.15, 0.2) is 18.7 Å². The highest BCUT2D eigenvalue weighted by Gasteiger charge is 2.18. The van der Waals surface area contributed by atoms with Crippen LogP contribution < -0.4 is 0 Å². The van der Waals surface area contributed by atoms with Crippen molar-refractivity contribution < 1.29 is 9.53 Å². The number of carbonyl (C=O) groups is 1. The highest BCUT2D eigenvalue weighted by molar-refractivity contribution is 5.88. The summed E-state index contributed by atoms with van der Waals surface area (Å²) in [6.45, 7) is 7.77. The normalized spacial score (nSPS) is 11.0. The second-order valence-electron chi connectivity index (χ2n) is 5.39. The van der Waals surface area contributed by atoms with Gasteiger partial charge in [-0.1, -0.05) is 19.1 Å². The summed E-state index contributed by atoms with van der Waals surface area (Å²) in [6.07, 6.45) is 6.34. The molecule has 0 atom stereocenters. The Morgan fingerprint density at radius 1 is 1.38 bits per heavy atom. The Morgan fingerprint density at radius 2 is 2.19 bits per heavy atom. The Balaban J connectivity index is 1.88. The Labute approximate surface area is 123 Å². The number of aromatic nitrogens is 5. The number of ether oxygens (including phenoxy) is 1. The molecule has 0 radical (unpaired) electrons. The fourth-order valence-electron chi connectivity index (χ4n) is 1.89. The van der Waals surface area contributed by atoms with Gasteiger partial charge in [0.1, 0.15) is 0 Å². The molecule has 2 rings (SSSR count). The molecule has 0 bridgehead atoms. The highest BCUT2D eigenvalue weighted by Crippen LogP contribution is 2.08. The number of rotatable bonds is 7. The number of hydrogen-bond donors (Lipinski definition) is 0. The van der Waals surface area contributed by atoms with Crippen molar-refractivity contribution in [3.63, 3.8) is 0 Å². The van der Waals surface area contributed by atoms with E-state index in [1.807, 2.05) is 31.5 Å². The van der Waals surface area contributed by atoms with Crippen molar-refractivity contribution >= 4 is 5.97 Å². The molecular weight excluding hydrogens is 270 g/mol. The zero-order valence-corrected chi connectivity index (χ0v) is 12.7. The standard InChI is InChI=1S/C14H21N5O2/c1-11(2)9-21-14(20)13-12(3)19(17-16-13)7-4-6-18-8-5-15-10-18/h5,8,10-11H,4,6-7,9H2,1-3H3. The molecule has 0 fully saturated rings. The maximum absolute atomic E-state index is 11.9. The summed E-state index contributed by atoms with van der Waals surface area (Å²) in [5.74, 6) is -0.0958. The molecule has 0 N–H and O–H groups in total. The summed E-state index contributed by atoms with van der Waals surface area (Å²) in [6, 6.07) is 0. The molecule has 0 spiro atoms. The Bertz CT molecular complexity index is 574. The van der Waals surface area contributed by atoms with Gasteiger partial charge in [0.25, 0.3) is 0 Å². The van der Waals surface area contributed by atoms with Crippen LogP contribution in [-0.4, -0.2) is 37.1 Å². The van der Waals surface area contributed by atoms with Gasteiger partial charge in [-0.15, -0.1) is 5.10 Å². The molecule has 0 aliphatic carbocycles. The molecule has 2 aromatic rings. The summed E-state index contributed by atoms with van der Waals surface area (Å²) < 4.78 is 8.92. The zero-order chi connectivity index (χ0) is 15.2. The topological polar surface area (TPSA) is 74.8 Å². The lowest BCUT2D eigenvalue weighted by atomic mass is 10.2. The van der Waals surface area contributed by atoms with Gasteiger partial charge in [-0.2, -0.15) is 0 Å². The minimum Gasteiger partial charge on any atom is -0.461 e. The molecule has 0 saturated carbocycles. The Kier molecular flexibility index (Phi) is 5.08. The van der Waals surface area contributed by atoms with Crippen molar-refractivity contribution in [3.05, 3.63) is 30.1 Å². The molecule has 21 heavy (non-hydrogen) atoms. The Morgan fingerprint density at radius 3 is 2.86 bits per heavy atom. The van der Waals surface area contributed by atoms with E-state index in [2.05, 4.69) is 15.3 Å². The maximum atomic E-state index is 11.9. The van der Waals surface area contributed by atoms with E-state index < -0.39 is 5.97 Å². The summed E-state index contributed by atoms with van der Waals surface area (Å²) in [4.78, 5) is 15.9. The first-order chi connectivity index (χ1) is 10.1. The number of esters is 1. The van der Waals surface area contributed by atoms with Crippen LogP contribution in [0.3, 0.4) is 0 Å². The monoisotopic (exact) mass is 291 g/mol.